The van der Waals surface area contributed by atoms with Gasteiger partial charge >= 0.3 is 0 Å². The van der Waals surface area contributed by atoms with Crippen molar-refractivity contribution in [2.24, 2.45) is 5.73 Å². The van der Waals surface area contributed by atoms with Gasteiger partial charge in [-0.2, -0.15) is 0 Å². The lowest BCUT2D eigenvalue weighted by Crippen LogP contribution is -2.54. The number of halogens is 2. The predicted molar refractivity (Wildman–Crippen MR) is 151 cm³/mol. The van der Waals surface area contributed by atoms with Crippen LogP contribution < -0.4 is 16.4 Å². The summed E-state index contributed by atoms with van der Waals surface area (Å²) in [6, 6.07) is 8.66. The average Bonchev–Trinajstić information content (AvgIpc) is 2.87. The standard InChI is InChI=1S/C29H43F2N3O4S/c1-4-8-25(9-5-2)39(37,38)19-26(32)29(36)34-27(15-22-13-23(30)16-24(31)14-22)28(35)18-33-17-21-11-7-10-20(6-3)12-21/h7,10-14,16,25-28,33,35H,4-6,8-9,15,17-19,32H2,1-3H3,(H,34,36)/t26-,27+,28-/m1/s1. The molecule has 0 bridgehead atoms. The molecule has 7 nitrogen and oxygen atoms in total. The highest BCUT2D eigenvalue weighted by Gasteiger charge is 2.31. The van der Waals surface area contributed by atoms with Crippen molar-refractivity contribution < 1.29 is 27.1 Å². The number of aliphatic hydroxyl groups excluding tert-OH is 1. The first-order chi connectivity index (χ1) is 18.5. The van der Waals surface area contributed by atoms with Gasteiger partial charge in [0.2, 0.25) is 5.91 Å². The Balaban J connectivity index is 2.13. The van der Waals surface area contributed by atoms with Crippen LogP contribution in [0.25, 0.3) is 0 Å². The Morgan fingerprint density at radius 1 is 0.974 bits per heavy atom. The number of nitrogens with two attached hydrogens (primary N) is 1. The summed E-state index contributed by atoms with van der Waals surface area (Å²) in [6.07, 6.45) is 2.03. The lowest BCUT2D eigenvalue weighted by Gasteiger charge is -2.27. The van der Waals surface area contributed by atoms with Gasteiger partial charge in [-0.05, 0) is 54.5 Å². The molecule has 3 atom stereocenters. The van der Waals surface area contributed by atoms with E-state index in [1.165, 1.54) is 5.56 Å². The zero-order valence-electron chi connectivity index (χ0n) is 23.1. The number of carbonyl (C=O) groups is 1. The van der Waals surface area contributed by atoms with E-state index in [-0.39, 0.29) is 18.5 Å². The van der Waals surface area contributed by atoms with Gasteiger partial charge in [-0.3, -0.25) is 4.79 Å². The van der Waals surface area contributed by atoms with Crippen molar-refractivity contribution >= 4 is 15.7 Å². The maximum Gasteiger partial charge on any atom is 0.238 e. The number of hydrogen-bond donors (Lipinski definition) is 4. The molecule has 0 aliphatic heterocycles. The van der Waals surface area contributed by atoms with Crippen molar-refractivity contribution in [3.8, 4) is 0 Å². The third kappa shape index (κ3) is 10.9. The molecular formula is C29H43F2N3O4S. The van der Waals surface area contributed by atoms with Gasteiger partial charge in [0.1, 0.15) is 11.6 Å². The quantitative estimate of drug-likeness (QED) is 0.233. The van der Waals surface area contributed by atoms with Crippen LogP contribution in [0.1, 0.15) is 63.1 Å². The topological polar surface area (TPSA) is 122 Å². The van der Waals surface area contributed by atoms with Crippen LogP contribution in [-0.4, -0.2) is 55.2 Å². The van der Waals surface area contributed by atoms with Gasteiger partial charge in [-0.25, -0.2) is 17.2 Å². The number of carbonyl (C=O) groups excluding carboxylic acids is 1. The molecule has 218 valence electrons. The molecule has 0 saturated heterocycles. The fourth-order valence-corrected chi connectivity index (χ4v) is 6.75. The Kier molecular flexibility index (Phi) is 13.5. The Labute approximate surface area is 231 Å². The van der Waals surface area contributed by atoms with E-state index in [0.717, 1.165) is 30.2 Å². The normalized spacial score (nSPS) is 14.3. The van der Waals surface area contributed by atoms with Crippen LogP contribution in [0.5, 0.6) is 0 Å². The minimum Gasteiger partial charge on any atom is -0.390 e. The first kappa shape index (κ1) is 32.8. The highest BCUT2D eigenvalue weighted by Crippen LogP contribution is 2.17. The van der Waals surface area contributed by atoms with Crippen LogP contribution in [0.4, 0.5) is 8.78 Å². The maximum atomic E-state index is 13.8. The van der Waals surface area contributed by atoms with Gasteiger partial charge < -0.3 is 21.5 Å². The van der Waals surface area contributed by atoms with E-state index >= 15 is 0 Å². The van der Waals surface area contributed by atoms with Crippen LogP contribution in [0.2, 0.25) is 0 Å². The molecule has 39 heavy (non-hydrogen) atoms. The Morgan fingerprint density at radius 2 is 1.59 bits per heavy atom. The zero-order valence-corrected chi connectivity index (χ0v) is 23.9. The van der Waals surface area contributed by atoms with Gasteiger partial charge in [-0.15, -0.1) is 0 Å². The van der Waals surface area contributed by atoms with Crippen molar-refractivity contribution in [3.63, 3.8) is 0 Å². The second-order valence-corrected chi connectivity index (χ2v) is 12.4. The van der Waals surface area contributed by atoms with E-state index < -0.39 is 56.6 Å². The first-order valence-corrected chi connectivity index (χ1v) is 15.4. The second kappa shape index (κ2) is 16.0. The highest BCUT2D eigenvalue weighted by molar-refractivity contribution is 7.92. The van der Waals surface area contributed by atoms with E-state index in [1.54, 1.807) is 0 Å². The lowest BCUT2D eigenvalue weighted by molar-refractivity contribution is -0.123. The number of nitrogens with one attached hydrogen (secondary N) is 2. The molecule has 10 heteroatoms. The summed E-state index contributed by atoms with van der Waals surface area (Å²) >= 11 is 0. The monoisotopic (exact) mass is 567 g/mol. The molecule has 2 aromatic carbocycles. The minimum atomic E-state index is -3.63. The molecule has 0 spiro atoms. The summed E-state index contributed by atoms with van der Waals surface area (Å²) in [6.45, 7) is 6.40. The summed E-state index contributed by atoms with van der Waals surface area (Å²) in [5, 5.41) is 16.2. The van der Waals surface area contributed by atoms with Crippen LogP contribution in [0, 0.1) is 11.6 Å². The van der Waals surface area contributed by atoms with E-state index in [0.29, 0.717) is 32.2 Å². The third-order valence-corrected chi connectivity index (χ3v) is 9.04. The molecule has 0 radical (unpaired) electrons. The molecule has 0 aliphatic rings. The maximum absolute atomic E-state index is 13.8. The van der Waals surface area contributed by atoms with Crippen LogP contribution in [-0.2, 0) is 34.0 Å². The largest absolute Gasteiger partial charge is 0.390 e. The van der Waals surface area contributed by atoms with Crippen LogP contribution in [0.3, 0.4) is 0 Å². The fraction of sp³-hybridized carbons (Fsp3) is 0.552. The number of benzene rings is 2. The Bertz CT molecular complexity index is 1140. The average molecular weight is 568 g/mol. The van der Waals surface area contributed by atoms with Crippen LogP contribution in [0.15, 0.2) is 42.5 Å². The molecule has 2 rings (SSSR count). The second-order valence-electron chi connectivity index (χ2n) is 10.1. The van der Waals surface area contributed by atoms with Gasteiger partial charge in [0.05, 0.1) is 29.2 Å². The van der Waals surface area contributed by atoms with Crippen molar-refractivity contribution in [1.29, 1.82) is 0 Å². The summed E-state index contributed by atoms with van der Waals surface area (Å²) in [5.74, 6) is -2.83. The van der Waals surface area contributed by atoms with Gasteiger partial charge in [0.25, 0.3) is 0 Å². The predicted octanol–water partition coefficient (Wildman–Crippen LogP) is 3.42. The van der Waals surface area contributed by atoms with Gasteiger partial charge in [0.15, 0.2) is 9.84 Å². The smallest absolute Gasteiger partial charge is 0.238 e. The molecule has 1 amide bonds. The molecule has 0 aromatic heterocycles. The first-order valence-electron chi connectivity index (χ1n) is 13.7. The number of aryl methyl sites for hydroxylation is 1. The fourth-order valence-electron chi connectivity index (χ4n) is 4.63. The van der Waals surface area contributed by atoms with Gasteiger partial charge in [-0.1, -0.05) is 57.9 Å². The van der Waals surface area contributed by atoms with E-state index in [4.69, 9.17) is 5.73 Å². The molecule has 0 fully saturated rings. The number of amides is 1. The lowest BCUT2D eigenvalue weighted by atomic mass is 10.00. The highest BCUT2D eigenvalue weighted by atomic mass is 32.2. The molecule has 0 saturated carbocycles. The SMILES string of the molecule is CCCC(CCC)S(=O)(=O)C[C@@H](N)C(=O)N[C@@H](Cc1cc(F)cc(F)c1)[C@H](O)CNCc1cccc(CC)c1. The number of sulfone groups is 1. The third-order valence-electron chi connectivity index (χ3n) is 6.73. The molecule has 0 heterocycles. The molecule has 2 aromatic rings. The van der Waals surface area contributed by atoms with Crippen molar-refractivity contribution in [2.75, 3.05) is 12.3 Å². The Morgan fingerprint density at radius 3 is 2.18 bits per heavy atom. The summed E-state index contributed by atoms with van der Waals surface area (Å²) < 4.78 is 53.5. The zero-order chi connectivity index (χ0) is 29.0. The number of hydrogen-bond acceptors (Lipinski definition) is 6. The Hall–Kier alpha value is -2.40. The van der Waals surface area contributed by atoms with E-state index in [1.807, 2.05) is 32.0 Å². The van der Waals surface area contributed by atoms with Crippen LogP contribution >= 0.6 is 0 Å². The van der Waals surface area contributed by atoms with Crippen molar-refractivity contribution in [1.82, 2.24) is 10.6 Å². The van der Waals surface area contributed by atoms with Crippen molar-refractivity contribution in [3.05, 3.63) is 70.8 Å². The molecule has 0 unspecified atom stereocenters. The summed E-state index contributed by atoms with van der Waals surface area (Å²) in [7, 11) is -3.63. The minimum absolute atomic E-state index is 0.0711. The van der Waals surface area contributed by atoms with Gasteiger partial charge in [0, 0.05) is 19.2 Å². The number of rotatable bonds is 17. The molecular weight excluding hydrogens is 524 g/mol. The van der Waals surface area contributed by atoms with E-state index in [9.17, 15) is 27.1 Å². The summed E-state index contributed by atoms with van der Waals surface area (Å²) in [4.78, 5) is 13.0. The van der Waals surface area contributed by atoms with E-state index in [2.05, 4.69) is 23.6 Å². The number of aliphatic hydroxyl groups is 1. The summed E-state index contributed by atoms with van der Waals surface area (Å²) in [5.41, 5.74) is 8.46. The molecule has 5 N–H and O–H groups in total. The molecule has 0 aliphatic carbocycles. The van der Waals surface area contributed by atoms with Crippen molar-refractivity contribution in [2.45, 2.75) is 89.3 Å².